The number of allylic oxidation sites excluding steroid dienone is 4. The second-order valence-corrected chi connectivity index (χ2v) is 10.1. The van der Waals surface area contributed by atoms with E-state index in [1.165, 1.54) is 33.4 Å². The summed E-state index contributed by atoms with van der Waals surface area (Å²) in [6.07, 6.45) is 8.71. The Balaban J connectivity index is 1.31. The first-order valence-corrected chi connectivity index (χ1v) is 12.8. The van der Waals surface area contributed by atoms with Crippen molar-refractivity contribution in [3.63, 3.8) is 0 Å². The first kappa shape index (κ1) is 21.7. The highest BCUT2D eigenvalue weighted by Crippen LogP contribution is 2.54. The minimum atomic E-state index is -0.159. The molecule has 37 heavy (non-hydrogen) atoms. The molecular formula is C35H26N2. The maximum absolute atomic E-state index is 4.71. The Bertz CT molecular complexity index is 1700. The minimum Gasteiger partial charge on any atom is -0.236 e. The highest BCUT2D eigenvalue weighted by molar-refractivity contribution is 5.84. The van der Waals surface area contributed by atoms with Crippen LogP contribution in [-0.2, 0) is 5.41 Å². The standard InChI is InChI=1S/C35H26N2/c1-35-22-27(18-19-32(35)30-15-6-5-14-28(30)29-16-7-8-17-31(29)35)34-21-33(36-23-37-34)26-13-9-12-25(20-26)24-10-3-2-4-11-24/h2-23,32H,1H3. The molecule has 1 aromatic heterocycles. The van der Waals surface area contributed by atoms with Gasteiger partial charge in [-0.25, -0.2) is 9.97 Å². The smallest absolute Gasteiger partial charge is 0.116 e. The molecule has 0 amide bonds. The second kappa shape index (κ2) is 8.53. The fourth-order valence-electron chi connectivity index (χ4n) is 6.05. The van der Waals surface area contributed by atoms with Gasteiger partial charge in [-0.3, -0.25) is 0 Å². The SMILES string of the molecule is CC12C=C(c3cc(-c4cccc(-c5ccccc5)c4)ncn3)C=CC1c1ccccc1-c1ccccc12. The van der Waals surface area contributed by atoms with Crippen LogP contribution in [0.1, 0.15) is 29.7 Å². The molecule has 2 unspecified atom stereocenters. The molecule has 4 aromatic carbocycles. The van der Waals surface area contributed by atoms with Crippen LogP contribution >= 0.6 is 0 Å². The van der Waals surface area contributed by atoms with E-state index in [1.54, 1.807) is 6.33 Å². The fraction of sp³-hybridized carbons (Fsp3) is 0.0857. The molecule has 2 aliphatic rings. The average Bonchev–Trinajstić information content (AvgIpc) is 2.98. The zero-order valence-electron chi connectivity index (χ0n) is 20.7. The molecule has 0 saturated heterocycles. The number of hydrogen-bond donors (Lipinski definition) is 0. The quantitative estimate of drug-likeness (QED) is 0.262. The predicted molar refractivity (Wildman–Crippen MR) is 152 cm³/mol. The Morgan fingerprint density at radius 2 is 1.32 bits per heavy atom. The lowest BCUT2D eigenvalue weighted by Crippen LogP contribution is -2.33. The molecule has 176 valence electrons. The second-order valence-electron chi connectivity index (χ2n) is 10.1. The van der Waals surface area contributed by atoms with E-state index in [0.29, 0.717) is 0 Å². The fourth-order valence-corrected chi connectivity index (χ4v) is 6.05. The van der Waals surface area contributed by atoms with Crippen molar-refractivity contribution in [2.24, 2.45) is 0 Å². The van der Waals surface area contributed by atoms with Gasteiger partial charge in [0.05, 0.1) is 11.4 Å². The minimum absolute atomic E-state index is 0.159. The van der Waals surface area contributed by atoms with Crippen molar-refractivity contribution in [1.29, 1.82) is 0 Å². The summed E-state index contributed by atoms with van der Waals surface area (Å²) < 4.78 is 0. The number of aromatic nitrogens is 2. The van der Waals surface area contributed by atoms with Gasteiger partial charge in [0.25, 0.3) is 0 Å². The molecule has 7 rings (SSSR count). The summed E-state index contributed by atoms with van der Waals surface area (Å²) in [5, 5.41) is 0. The molecule has 2 heteroatoms. The van der Waals surface area contributed by atoms with Crippen molar-refractivity contribution in [2.75, 3.05) is 0 Å². The third-order valence-corrected chi connectivity index (χ3v) is 7.89. The van der Waals surface area contributed by atoms with Crippen molar-refractivity contribution in [2.45, 2.75) is 18.3 Å². The van der Waals surface area contributed by atoms with Crippen LogP contribution in [0, 0.1) is 0 Å². The molecule has 0 saturated carbocycles. The van der Waals surface area contributed by atoms with Crippen molar-refractivity contribution < 1.29 is 0 Å². The molecule has 0 bridgehead atoms. The number of rotatable bonds is 3. The Kier molecular flexibility index (Phi) is 5.00. The van der Waals surface area contributed by atoms with Crippen LogP contribution in [0.2, 0.25) is 0 Å². The summed E-state index contributed by atoms with van der Waals surface area (Å²) in [5.41, 5.74) is 11.7. The van der Waals surface area contributed by atoms with Crippen LogP contribution in [0.4, 0.5) is 0 Å². The van der Waals surface area contributed by atoms with Gasteiger partial charge in [0.2, 0.25) is 0 Å². The van der Waals surface area contributed by atoms with Crippen molar-refractivity contribution in [1.82, 2.24) is 9.97 Å². The lowest BCUT2D eigenvalue weighted by Gasteiger charge is -2.43. The van der Waals surface area contributed by atoms with Gasteiger partial charge in [0.1, 0.15) is 6.33 Å². The number of nitrogens with zero attached hydrogens (tertiary/aromatic N) is 2. The highest BCUT2D eigenvalue weighted by Gasteiger charge is 2.42. The van der Waals surface area contributed by atoms with Gasteiger partial charge in [0, 0.05) is 16.9 Å². The molecule has 0 spiro atoms. The third-order valence-electron chi connectivity index (χ3n) is 7.89. The third kappa shape index (κ3) is 3.56. The summed E-state index contributed by atoms with van der Waals surface area (Å²) in [6, 6.07) is 38.8. The topological polar surface area (TPSA) is 25.8 Å². The van der Waals surface area contributed by atoms with Crippen molar-refractivity contribution in [3.05, 3.63) is 151 Å². The van der Waals surface area contributed by atoms with E-state index in [1.807, 2.05) is 6.07 Å². The Labute approximate surface area is 217 Å². The maximum Gasteiger partial charge on any atom is 0.116 e. The highest BCUT2D eigenvalue weighted by atomic mass is 14.8. The van der Waals surface area contributed by atoms with Crippen LogP contribution in [0.5, 0.6) is 0 Å². The molecule has 0 fully saturated rings. The van der Waals surface area contributed by atoms with Crippen LogP contribution < -0.4 is 0 Å². The Morgan fingerprint density at radius 3 is 2.22 bits per heavy atom. The summed E-state index contributed by atoms with van der Waals surface area (Å²) in [4.78, 5) is 9.35. The Hall–Kier alpha value is -4.56. The molecule has 2 aliphatic carbocycles. The van der Waals surface area contributed by atoms with Crippen LogP contribution in [0.25, 0.3) is 39.1 Å². The van der Waals surface area contributed by atoms with E-state index < -0.39 is 0 Å². The normalized spacial score (nSPS) is 19.4. The largest absolute Gasteiger partial charge is 0.236 e. The molecule has 0 aliphatic heterocycles. The predicted octanol–water partition coefficient (Wildman–Crippen LogP) is 8.49. The van der Waals surface area contributed by atoms with Gasteiger partial charge in [-0.05, 0) is 51.1 Å². The van der Waals surface area contributed by atoms with Crippen molar-refractivity contribution in [3.8, 4) is 33.5 Å². The maximum atomic E-state index is 4.71. The number of benzene rings is 4. The zero-order chi connectivity index (χ0) is 24.8. The first-order valence-electron chi connectivity index (χ1n) is 12.8. The van der Waals surface area contributed by atoms with E-state index in [2.05, 4.69) is 133 Å². The van der Waals surface area contributed by atoms with Gasteiger partial charge in [0.15, 0.2) is 0 Å². The summed E-state index contributed by atoms with van der Waals surface area (Å²) in [5.74, 6) is 0.284. The van der Waals surface area contributed by atoms with Gasteiger partial charge in [-0.15, -0.1) is 0 Å². The molecule has 2 nitrogen and oxygen atoms in total. The van der Waals surface area contributed by atoms with Gasteiger partial charge < -0.3 is 0 Å². The van der Waals surface area contributed by atoms with E-state index in [4.69, 9.17) is 4.98 Å². The van der Waals surface area contributed by atoms with Crippen LogP contribution in [0.15, 0.2) is 134 Å². The van der Waals surface area contributed by atoms with E-state index in [9.17, 15) is 0 Å². The number of hydrogen-bond acceptors (Lipinski definition) is 2. The van der Waals surface area contributed by atoms with Crippen LogP contribution in [0.3, 0.4) is 0 Å². The lowest BCUT2D eigenvalue weighted by molar-refractivity contribution is 0.521. The molecule has 5 aromatic rings. The molecule has 0 radical (unpaired) electrons. The van der Waals surface area contributed by atoms with Gasteiger partial charge >= 0.3 is 0 Å². The zero-order valence-corrected chi connectivity index (χ0v) is 20.7. The van der Waals surface area contributed by atoms with E-state index >= 15 is 0 Å². The lowest BCUT2D eigenvalue weighted by atomic mass is 9.60. The summed E-state index contributed by atoms with van der Waals surface area (Å²) >= 11 is 0. The van der Waals surface area contributed by atoms with Gasteiger partial charge in [-0.2, -0.15) is 0 Å². The average molecular weight is 475 g/mol. The molecule has 0 N–H and O–H groups in total. The molecule has 1 heterocycles. The number of fused-ring (bicyclic) bond motifs is 6. The molecule has 2 atom stereocenters. The summed E-state index contributed by atoms with van der Waals surface area (Å²) in [7, 11) is 0. The first-order chi connectivity index (χ1) is 18.2. The molecular weight excluding hydrogens is 448 g/mol. The van der Waals surface area contributed by atoms with Crippen molar-refractivity contribution >= 4 is 5.57 Å². The Morgan fingerprint density at radius 1 is 0.622 bits per heavy atom. The van der Waals surface area contributed by atoms with Crippen LogP contribution in [-0.4, -0.2) is 9.97 Å². The summed E-state index contributed by atoms with van der Waals surface area (Å²) in [6.45, 7) is 2.36. The monoisotopic (exact) mass is 474 g/mol. The van der Waals surface area contributed by atoms with E-state index in [-0.39, 0.29) is 11.3 Å². The van der Waals surface area contributed by atoms with E-state index in [0.717, 1.165) is 22.5 Å². The van der Waals surface area contributed by atoms with Gasteiger partial charge in [-0.1, -0.05) is 122 Å².